The summed E-state index contributed by atoms with van der Waals surface area (Å²) < 4.78 is 43.3. The van der Waals surface area contributed by atoms with Gasteiger partial charge in [-0.2, -0.15) is 13.2 Å². The molecule has 1 atom stereocenters. The summed E-state index contributed by atoms with van der Waals surface area (Å²) in [5.41, 5.74) is 1.31. The van der Waals surface area contributed by atoms with Crippen LogP contribution in [0.4, 0.5) is 23.8 Å². The van der Waals surface area contributed by atoms with E-state index < -0.39 is 18.2 Å². The van der Waals surface area contributed by atoms with E-state index in [9.17, 15) is 18.0 Å². The number of urea groups is 1. The molecule has 3 aromatic rings. The first-order valence-corrected chi connectivity index (χ1v) is 8.70. The van der Waals surface area contributed by atoms with E-state index in [1.54, 1.807) is 30.3 Å². The molecule has 5 nitrogen and oxygen atoms in total. The fraction of sp³-hybridized carbons (Fsp3) is 0.200. The molecule has 0 bridgehead atoms. The van der Waals surface area contributed by atoms with Crippen LogP contribution in [0.15, 0.2) is 67.0 Å². The Morgan fingerprint density at radius 1 is 0.929 bits per heavy atom. The van der Waals surface area contributed by atoms with E-state index in [0.29, 0.717) is 12.1 Å². The smallest absolute Gasteiger partial charge is 0.312 e. The first-order valence-electron chi connectivity index (χ1n) is 8.70. The van der Waals surface area contributed by atoms with E-state index >= 15 is 0 Å². The van der Waals surface area contributed by atoms with Crippen LogP contribution in [0.25, 0.3) is 0 Å². The number of carbonyl (C=O) groups excluding carboxylic acids is 1. The lowest BCUT2D eigenvalue weighted by Crippen LogP contribution is -2.48. The van der Waals surface area contributed by atoms with Crippen LogP contribution in [-0.4, -0.2) is 26.7 Å². The molecule has 1 unspecified atom stereocenters. The van der Waals surface area contributed by atoms with Gasteiger partial charge in [0.15, 0.2) is 6.04 Å². The number of benzene rings is 2. The normalized spacial score (nSPS) is 16.6. The third-order valence-corrected chi connectivity index (χ3v) is 4.62. The van der Waals surface area contributed by atoms with Crippen LogP contribution in [0.2, 0.25) is 0 Å². The second-order valence-corrected chi connectivity index (χ2v) is 6.58. The molecule has 4 rings (SSSR count). The van der Waals surface area contributed by atoms with Crippen LogP contribution < -0.4 is 5.32 Å². The van der Waals surface area contributed by atoms with Gasteiger partial charge in [-0.05, 0) is 11.1 Å². The van der Waals surface area contributed by atoms with Gasteiger partial charge >= 0.3 is 12.2 Å². The Bertz CT molecular complexity index is 970. The Hall–Kier alpha value is -3.29. The number of carbonyl (C=O) groups is 1. The summed E-state index contributed by atoms with van der Waals surface area (Å²) in [5, 5.41) is 2.59. The Morgan fingerprint density at radius 3 is 2.07 bits per heavy atom. The zero-order valence-corrected chi connectivity index (χ0v) is 14.7. The van der Waals surface area contributed by atoms with Gasteiger partial charge in [0.25, 0.3) is 0 Å². The number of fused-ring (bicyclic) bond motifs is 1. The van der Waals surface area contributed by atoms with Gasteiger partial charge in [-0.25, -0.2) is 9.78 Å². The maximum absolute atomic E-state index is 13.9. The molecule has 0 aliphatic carbocycles. The number of nitrogens with zero attached hydrogens (tertiary/aromatic N) is 3. The minimum Gasteiger partial charge on any atom is -0.312 e. The van der Waals surface area contributed by atoms with Gasteiger partial charge in [-0.1, -0.05) is 60.7 Å². The van der Waals surface area contributed by atoms with Crippen molar-refractivity contribution in [2.75, 3.05) is 5.32 Å². The zero-order chi connectivity index (χ0) is 19.7. The maximum atomic E-state index is 13.9. The number of imidazole rings is 1. The molecule has 1 N–H and O–H groups in total. The van der Waals surface area contributed by atoms with Crippen molar-refractivity contribution in [2.24, 2.45) is 0 Å². The summed E-state index contributed by atoms with van der Waals surface area (Å²) in [6, 6.07) is 14.9. The van der Waals surface area contributed by atoms with Gasteiger partial charge in [0, 0.05) is 6.54 Å². The summed E-state index contributed by atoms with van der Waals surface area (Å²) in [6.07, 6.45) is -3.31. The van der Waals surface area contributed by atoms with Crippen LogP contribution in [0.1, 0.15) is 22.9 Å². The third-order valence-electron chi connectivity index (χ3n) is 4.62. The SMILES string of the molecule is O=C1Nc2c(ncn2Cc2ccccc2)C(C(F)(F)F)N1Cc1ccccc1. The molecule has 8 heteroatoms. The highest BCUT2D eigenvalue weighted by Gasteiger charge is 2.52. The fourth-order valence-corrected chi connectivity index (χ4v) is 3.35. The minimum atomic E-state index is -4.65. The van der Waals surface area contributed by atoms with Gasteiger partial charge in [-0.15, -0.1) is 0 Å². The number of aromatic nitrogens is 2. The number of alkyl halides is 3. The number of hydrogen-bond acceptors (Lipinski definition) is 2. The average molecular weight is 386 g/mol. The highest BCUT2D eigenvalue weighted by molar-refractivity contribution is 5.91. The van der Waals surface area contributed by atoms with Gasteiger partial charge in [-0.3, -0.25) is 5.32 Å². The molecule has 28 heavy (non-hydrogen) atoms. The standard InChI is InChI=1S/C20H17F3N4O/c21-20(22,23)17-16-18(26(13-24-16)11-14-7-3-1-4-8-14)25-19(28)27(17)12-15-9-5-2-6-10-15/h1-10,13,17H,11-12H2,(H,25,28). The summed E-state index contributed by atoms with van der Waals surface area (Å²) in [5.74, 6) is 0.0838. The van der Waals surface area contributed by atoms with Crippen LogP contribution in [0.5, 0.6) is 0 Å². The quantitative estimate of drug-likeness (QED) is 0.713. The van der Waals surface area contributed by atoms with Gasteiger partial charge < -0.3 is 9.47 Å². The molecule has 0 radical (unpaired) electrons. The lowest BCUT2D eigenvalue weighted by molar-refractivity contribution is -0.180. The largest absolute Gasteiger partial charge is 0.414 e. The predicted molar refractivity (Wildman–Crippen MR) is 97.6 cm³/mol. The first kappa shape index (κ1) is 18.1. The molecular formula is C20H17F3N4O. The number of amides is 2. The molecule has 144 valence electrons. The Morgan fingerprint density at radius 2 is 1.50 bits per heavy atom. The molecule has 1 aliphatic heterocycles. The number of rotatable bonds is 4. The Balaban J connectivity index is 1.70. The molecule has 0 saturated carbocycles. The van der Waals surface area contributed by atoms with E-state index in [2.05, 4.69) is 10.3 Å². The molecular weight excluding hydrogens is 369 g/mol. The topological polar surface area (TPSA) is 50.2 Å². The second-order valence-electron chi connectivity index (χ2n) is 6.58. The predicted octanol–water partition coefficient (Wildman–Crippen LogP) is 4.58. The van der Waals surface area contributed by atoms with Crippen molar-refractivity contribution >= 4 is 11.8 Å². The van der Waals surface area contributed by atoms with Crippen LogP contribution in [0.3, 0.4) is 0 Å². The lowest BCUT2D eigenvalue weighted by atomic mass is 10.1. The monoisotopic (exact) mass is 386 g/mol. The average Bonchev–Trinajstić information content (AvgIpc) is 3.05. The second kappa shape index (κ2) is 7.03. The number of nitrogens with one attached hydrogen (secondary N) is 1. The van der Waals surface area contributed by atoms with Crippen molar-refractivity contribution in [1.82, 2.24) is 14.5 Å². The molecule has 2 aromatic carbocycles. The molecule has 0 saturated heterocycles. The minimum absolute atomic E-state index is 0.0838. The van der Waals surface area contributed by atoms with Gasteiger partial charge in [0.2, 0.25) is 0 Å². The Labute approximate surface area is 159 Å². The van der Waals surface area contributed by atoms with Crippen LogP contribution in [0, 0.1) is 0 Å². The fourth-order valence-electron chi connectivity index (χ4n) is 3.35. The highest BCUT2D eigenvalue weighted by atomic mass is 19.4. The number of anilines is 1. The van der Waals surface area contributed by atoms with Crippen molar-refractivity contribution in [3.05, 3.63) is 83.8 Å². The van der Waals surface area contributed by atoms with E-state index in [1.807, 2.05) is 30.3 Å². The molecule has 1 aliphatic rings. The summed E-state index contributed by atoms with van der Waals surface area (Å²) in [7, 11) is 0. The van der Waals surface area contributed by atoms with Crippen molar-refractivity contribution in [2.45, 2.75) is 25.3 Å². The highest BCUT2D eigenvalue weighted by Crippen LogP contribution is 2.43. The number of hydrogen-bond donors (Lipinski definition) is 1. The molecule has 0 spiro atoms. The van der Waals surface area contributed by atoms with Gasteiger partial charge in [0.1, 0.15) is 11.5 Å². The maximum Gasteiger partial charge on any atom is 0.414 e. The van der Waals surface area contributed by atoms with Crippen LogP contribution >= 0.6 is 0 Å². The van der Waals surface area contributed by atoms with Crippen molar-refractivity contribution in [1.29, 1.82) is 0 Å². The Kier molecular flexibility index (Phi) is 4.54. The van der Waals surface area contributed by atoms with Crippen molar-refractivity contribution in [3.63, 3.8) is 0 Å². The van der Waals surface area contributed by atoms with Crippen molar-refractivity contribution < 1.29 is 18.0 Å². The third kappa shape index (κ3) is 3.45. The summed E-state index contributed by atoms with van der Waals surface area (Å²) in [6.45, 7) is 0.147. The van der Waals surface area contributed by atoms with E-state index in [0.717, 1.165) is 10.5 Å². The van der Waals surface area contributed by atoms with Gasteiger partial charge in [0.05, 0.1) is 12.9 Å². The molecule has 0 fully saturated rings. The van der Waals surface area contributed by atoms with E-state index in [1.165, 1.54) is 10.9 Å². The van der Waals surface area contributed by atoms with Crippen LogP contribution in [-0.2, 0) is 13.1 Å². The zero-order valence-electron chi connectivity index (χ0n) is 14.7. The first-order chi connectivity index (χ1) is 13.4. The van der Waals surface area contributed by atoms with E-state index in [4.69, 9.17) is 0 Å². The molecule has 2 heterocycles. The number of halogens is 3. The van der Waals surface area contributed by atoms with E-state index in [-0.39, 0.29) is 18.1 Å². The molecule has 2 amide bonds. The molecule has 1 aromatic heterocycles. The summed E-state index contributed by atoms with van der Waals surface area (Å²) >= 11 is 0. The van der Waals surface area contributed by atoms with Crippen molar-refractivity contribution in [3.8, 4) is 0 Å². The summed E-state index contributed by atoms with van der Waals surface area (Å²) in [4.78, 5) is 17.4. The lowest BCUT2D eigenvalue weighted by Gasteiger charge is -2.36.